The van der Waals surface area contributed by atoms with Gasteiger partial charge in [-0.2, -0.15) is 0 Å². The second-order valence-electron chi connectivity index (χ2n) is 6.30. The lowest BCUT2D eigenvalue weighted by atomic mass is 10.0. The van der Waals surface area contributed by atoms with Crippen LogP contribution in [0.25, 0.3) is 31.7 Å². The molecule has 0 fully saturated rings. The van der Waals surface area contributed by atoms with Gasteiger partial charge in [0.1, 0.15) is 4.83 Å². The number of thioether (sulfide) groups is 1. The Bertz CT molecular complexity index is 1140. The largest absolute Gasteiger partial charge is 0.307 e. The maximum atomic E-state index is 5.73. The summed E-state index contributed by atoms with van der Waals surface area (Å²) >= 11 is 3.14. The molecule has 1 aliphatic carbocycles. The Morgan fingerprint density at radius 1 is 1.08 bits per heavy atom. The SMILES string of the molecule is CSc1nc(NN)c2sc3nc(-c4ccccc4)c4c(c3c2n1)CCC4. The number of aromatic nitrogens is 3. The first-order valence-electron chi connectivity index (χ1n) is 8.52. The number of benzene rings is 1. The fourth-order valence-electron chi connectivity index (χ4n) is 3.77. The lowest BCUT2D eigenvalue weighted by Crippen LogP contribution is -2.09. The molecule has 1 aromatic carbocycles. The number of rotatable bonds is 3. The standard InChI is InChI=1S/C19H17N5S2/c1-25-19-22-15-13-11-8-5-9-12(11)14(10-6-3-2-4-7-10)21-18(13)26-16(15)17(23-19)24-20/h2-4,6-7H,5,8-9,20H2,1H3,(H,22,23,24). The summed E-state index contributed by atoms with van der Waals surface area (Å²) in [6.07, 6.45) is 5.29. The van der Waals surface area contributed by atoms with Crippen LogP contribution in [0.1, 0.15) is 17.5 Å². The molecule has 3 heterocycles. The zero-order valence-corrected chi connectivity index (χ0v) is 15.9. The number of hydrogen-bond acceptors (Lipinski definition) is 7. The molecule has 3 aromatic heterocycles. The van der Waals surface area contributed by atoms with E-state index in [4.69, 9.17) is 15.8 Å². The number of fused-ring (bicyclic) bond motifs is 5. The fourth-order valence-corrected chi connectivity index (χ4v) is 5.23. The van der Waals surface area contributed by atoms with Gasteiger partial charge < -0.3 is 5.43 Å². The molecule has 0 radical (unpaired) electrons. The molecule has 0 saturated carbocycles. The van der Waals surface area contributed by atoms with Gasteiger partial charge in [0.2, 0.25) is 0 Å². The van der Waals surface area contributed by atoms with Crippen molar-refractivity contribution in [1.82, 2.24) is 15.0 Å². The monoisotopic (exact) mass is 379 g/mol. The number of anilines is 1. The third-order valence-corrected chi connectivity index (χ3v) is 6.51. The third kappa shape index (κ3) is 2.31. The Balaban J connectivity index is 1.90. The molecule has 4 aromatic rings. The summed E-state index contributed by atoms with van der Waals surface area (Å²) in [5, 5.41) is 1.91. The first-order valence-corrected chi connectivity index (χ1v) is 10.6. The molecule has 26 heavy (non-hydrogen) atoms. The van der Waals surface area contributed by atoms with Crippen LogP contribution in [0.3, 0.4) is 0 Å². The van der Waals surface area contributed by atoms with Crippen molar-refractivity contribution in [3.63, 3.8) is 0 Å². The quantitative estimate of drug-likeness (QED) is 0.238. The highest BCUT2D eigenvalue weighted by atomic mass is 32.2. The molecule has 5 nitrogen and oxygen atoms in total. The predicted molar refractivity (Wildman–Crippen MR) is 110 cm³/mol. The third-order valence-electron chi connectivity index (χ3n) is 4.88. The minimum Gasteiger partial charge on any atom is -0.307 e. The fraction of sp³-hybridized carbons (Fsp3) is 0.211. The average molecular weight is 380 g/mol. The van der Waals surface area contributed by atoms with Crippen LogP contribution >= 0.6 is 23.1 Å². The predicted octanol–water partition coefficient (Wildman–Crippen LogP) is 4.40. The van der Waals surface area contributed by atoms with E-state index in [2.05, 4.69) is 34.7 Å². The molecule has 0 saturated heterocycles. The minimum atomic E-state index is 0.676. The Morgan fingerprint density at radius 3 is 2.65 bits per heavy atom. The van der Waals surface area contributed by atoms with Crippen LogP contribution in [0.15, 0.2) is 35.5 Å². The number of hydrogen-bond donors (Lipinski definition) is 2. The van der Waals surface area contributed by atoms with Crippen LogP contribution in [-0.4, -0.2) is 21.2 Å². The van der Waals surface area contributed by atoms with Gasteiger partial charge in [-0.3, -0.25) is 0 Å². The summed E-state index contributed by atoms with van der Waals surface area (Å²) in [6.45, 7) is 0. The topological polar surface area (TPSA) is 76.7 Å². The van der Waals surface area contributed by atoms with Gasteiger partial charge in [0.25, 0.3) is 0 Å². The molecule has 0 bridgehead atoms. The second kappa shape index (κ2) is 6.19. The normalized spacial score (nSPS) is 13.5. The number of pyridine rings is 1. The number of hydrazine groups is 1. The van der Waals surface area contributed by atoms with Crippen molar-refractivity contribution in [3.8, 4) is 11.3 Å². The van der Waals surface area contributed by atoms with Gasteiger partial charge >= 0.3 is 0 Å². The van der Waals surface area contributed by atoms with Gasteiger partial charge in [-0.1, -0.05) is 42.1 Å². The zero-order chi connectivity index (χ0) is 17.7. The number of aryl methyl sites for hydroxylation is 1. The van der Waals surface area contributed by atoms with Crippen molar-refractivity contribution in [2.45, 2.75) is 24.4 Å². The number of nitrogens with two attached hydrogens (primary N) is 1. The zero-order valence-electron chi connectivity index (χ0n) is 14.2. The van der Waals surface area contributed by atoms with E-state index in [1.54, 1.807) is 11.3 Å². The first-order chi connectivity index (χ1) is 12.8. The number of nitrogens with one attached hydrogen (secondary N) is 1. The molecule has 0 unspecified atom stereocenters. The van der Waals surface area contributed by atoms with Gasteiger partial charge in [0, 0.05) is 10.9 Å². The second-order valence-corrected chi connectivity index (χ2v) is 8.07. The van der Waals surface area contributed by atoms with Crippen molar-refractivity contribution in [1.29, 1.82) is 0 Å². The van der Waals surface area contributed by atoms with Gasteiger partial charge in [-0.15, -0.1) is 11.3 Å². The van der Waals surface area contributed by atoms with E-state index < -0.39 is 0 Å². The van der Waals surface area contributed by atoms with Crippen LogP contribution in [0.4, 0.5) is 5.82 Å². The smallest absolute Gasteiger partial charge is 0.189 e. The van der Waals surface area contributed by atoms with Crippen molar-refractivity contribution in [2.24, 2.45) is 5.84 Å². The molecule has 130 valence electrons. The van der Waals surface area contributed by atoms with Gasteiger partial charge in [-0.25, -0.2) is 20.8 Å². The highest BCUT2D eigenvalue weighted by Crippen LogP contribution is 2.43. The minimum absolute atomic E-state index is 0.676. The van der Waals surface area contributed by atoms with Crippen LogP contribution in [-0.2, 0) is 12.8 Å². The molecule has 5 rings (SSSR count). The van der Waals surface area contributed by atoms with E-state index in [0.29, 0.717) is 5.82 Å². The van der Waals surface area contributed by atoms with Crippen LogP contribution < -0.4 is 11.3 Å². The van der Waals surface area contributed by atoms with Gasteiger partial charge in [-0.05, 0) is 36.6 Å². The summed E-state index contributed by atoms with van der Waals surface area (Å²) in [5.41, 5.74) is 8.77. The van der Waals surface area contributed by atoms with E-state index in [1.165, 1.54) is 33.8 Å². The molecule has 0 atom stereocenters. The molecule has 0 spiro atoms. The lowest BCUT2D eigenvalue weighted by molar-refractivity contribution is 0.913. The van der Waals surface area contributed by atoms with Crippen molar-refractivity contribution >= 4 is 49.3 Å². The van der Waals surface area contributed by atoms with Crippen molar-refractivity contribution in [3.05, 3.63) is 41.5 Å². The van der Waals surface area contributed by atoms with E-state index in [1.807, 2.05) is 12.3 Å². The number of thiophene rings is 1. The van der Waals surface area contributed by atoms with Gasteiger partial charge in [0.15, 0.2) is 11.0 Å². The summed E-state index contributed by atoms with van der Waals surface area (Å²) in [6, 6.07) is 10.5. The Kier molecular flexibility index (Phi) is 3.81. The highest BCUT2D eigenvalue weighted by molar-refractivity contribution is 7.98. The summed E-state index contributed by atoms with van der Waals surface area (Å²) in [7, 11) is 0. The molecular formula is C19H17N5S2. The maximum absolute atomic E-state index is 5.73. The molecule has 3 N–H and O–H groups in total. The highest BCUT2D eigenvalue weighted by Gasteiger charge is 2.25. The molecular weight excluding hydrogens is 362 g/mol. The Hall–Kier alpha value is -2.22. The summed E-state index contributed by atoms with van der Waals surface area (Å²) in [4.78, 5) is 15.4. The number of nitrogens with zero attached hydrogens (tertiary/aromatic N) is 3. The molecule has 0 amide bonds. The average Bonchev–Trinajstić information content (AvgIpc) is 3.31. The molecule has 0 aliphatic heterocycles. The maximum Gasteiger partial charge on any atom is 0.189 e. The number of nitrogen functional groups attached to an aromatic ring is 1. The van der Waals surface area contributed by atoms with Gasteiger partial charge in [0.05, 0.1) is 15.9 Å². The van der Waals surface area contributed by atoms with E-state index in [9.17, 15) is 0 Å². The Morgan fingerprint density at radius 2 is 1.88 bits per heavy atom. The van der Waals surface area contributed by atoms with Crippen LogP contribution in [0.2, 0.25) is 0 Å². The first kappa shape index (κ1) is 16.0. The van der Waals surface area contributed by atoms with E-state index in [0.717, 1.165) is 45.2 Å². The van der Waals surface area contributed by atoms with Crippen LogP contribution in [0.5, 0.6) is 0 Å². The molecule has 7 heteroatoms. The van der Waals surface area contributed by atoms with E-state index >= 15 is 0 Å². The van der Waals surface area contributed by atoms with Crippen molar-refractivity contribution < 1.29 is 0 Å². The van der Waals surface area contributed by atoms with Crippen LogP contribution in [0, 0.1) is 0 Å². The van der Waals surface area contributed by atoms with Crippen molar-refractivity contribution in [2.75, 3.05) is 11.7 Å². The summed E-state index contributed by atoms with van der Waals surface area (Å²) in [5.74, 6) is 6.41. The molecule has 1 aliphatic rings. The lowest BCUT2D eigenvalue weighted by Gasteiger charge is -2.09. The Labute approximate surface area is 159 Å². The summed E-state index contributed by atoms with van der Waals surface area (Å²) < 4.78 is 0.979. The van der Waals surface area contributed by atoms with E-state index in [-0.39, 0.29) is 0 Å².